The number of rotatable bonds is 1. The van der Waals surface area contributed by atoms with Crippen LogP contribution in [-0.2, 0) is 0 Å². The monoisotopic (exact) mass is 202 g/mol. The smallest absolute Gasteiger partial charge is 0.115 e. The molecule has 0 amide bonds. The second kappa shape index (κ2) is 3.17. The number of nitrogens with zero attached hydrogens (tertiary/aromatic N) is 2. The van der Waals surface area contributed by atoms with E-state index in [0.717, 1.165) is 12.3 Å². The largest absolute Gasteiger partial charge is 0.315 e. The van der Waals surface area contributed by atoms with E-state index in [1.165, 1.54) is 16.3 Å². The molecule has 2 aromatic rings. The molecule has 14 heavy (non-hydrogen) atoms. The number of hydrogen-bond acceptors (Lipinski definition) is 2. The standard InChI is InChI=1S/C11H10N2S/c1-2-7-13-9(3-1)4-5-10(13)11-12-6-8-14-11/h1-5,7H,6,8H2. The van der Waals surface area contributed by atoms with Crippen molar-refractivity contribution >= 4 is 22.3 Å². The molecule has 0 unspecified atom stereocenters. The topological polar surface area (TPSA) is 16.8 Å². The van der Waals surface area contributed by atoms with Crippen LogP contribution in [0.5, 0.6) is 0 Å². The highest BCUT2D eigenvalue weighted by atomic mass is 32.2. The molecule has 1 aliphatic rings. The minimum absolute atomic E-state index is 0.958. The predicted octanol–water partition coefficient (Wildman–Crippen LogP) is 2.43. The molecule has 3 heterocycles. The van der Waals surface area contributed by atoms with Gasteiger partial charge < -0.3 is 4.40 Å². The zero-order valence-corrected chi connectivity index (χ0v) is 8.50. The number of thioether (sulfide) groups is 1. The van der Waals surface area contributed by atoms with Crippen molar-refractivity contribution in [2.45, 2.75) is 0 Å². The summed E-state index contributed by atoms with van der Waals surface area (Å²) in [5.41, 5.74) is 2.46. The molecule has 0 fully saturated rings. The second-order valence-corrected chi connectivity index (χ2v) is 4.33. The Bertz CT molecular complexity index is 499. The van der Waals surface area contributed by atoms with E-state index in [2.05, 4.69) is 45.9 Å². The Kier molecular flexibility index (Phi) is 1.84. The summed E-state index contributed by atoms with van der Waals surface area (Å²) >= 11 is 1.84. The average molecular weight is 202 g/mol. The van der Waals surface area contributed by atoms with E-state index in [9.17, 15) is 0 Å². The van der Waals surface area contributed by atoms with E-state index >= 15 is 0 Å². The molecule has 3 rings (SSSR count). The maximum Gasteiger partial charge on any atom is 0.115 e. The molecule has 2 nitrogen and oxygen atoms in total. The molecule has 0 aromatic carbocycles. The van der Waals surface area contributed by atoms with E-state index < -0.39 is 0 Å². The molecular formula is C11H10N2S. The molecule has 0 saturated carbocycles. The van der Waals surface area contributed by atoms with Gasteiger partial charge in [0.05, 0.1) is 5.69 Å². The Hall–Kier alpha value is -1.22. The first kappa shape index (κ1) is 8.12. The van der Waals surface area contributed by atoms with Gasteiger partial charge in [-0.3, -0.25) is 4.99 Å². The molecule has 3 heteroatoms. The third-order valence-corrected chi connectivity index (χ3v) is 3.37. The molecule has 0 spiro atoms. The van der Waals surface area contributed by atoms with Gasteiger partial charge >= 0.3 is 0 Å². The van der Waals surface area contributed by atoms with Crippen LogP contribution in [0, 0.1) is 0 Å². The van der Waals surface area contributed by atoms with Crippen molar-refractivity contribution in [1.82, 2.24) is 4.40 Å². The molecule has 2 aromatic heterocycles. The van der Waals surface area contributed by atoms with Gasteiger partial charge in [-0.1, -0.05) is 6.07 Å². The molecule has 1 aliphatic heterocycles. The lowest BCUT2D eigenvalue weighted by molar-refractivity contribution is 1.15. The van der Waals surface area contributed by atoms with Gasteiger partial charge in [0.25, 0.3) is 0 Å². The number of fused-ring (bicyclic) bond motifs is 1. The van der Waals surface area contributed by atoms with E-state index in [1.807, 2.05) is 11.8 Å². The summed E-state index contributed by atoms with van der Waals surface area (Å²) in [4.78, 5) is 4.49. The lowest BCUT2D eigenvalue weighted by atomic mass is 10.4. The van der Waals surface area contributed by atoms with E-state index in [4.69, 9.17) is 0 Å². The third kappa shape index (κ3) is 1.16. The fraction of sp³-hybridized carbons (Fsp3) is 0.182. The number of hydrogen-bond donors (Lipinski definition) is 0. The van der Waals surface area contributed by atoms with Crippen LogP contribution in [0.3, 0.4) is 0 Å². The highest BCUT2D eigenvalue weighted by Gasteiger charge is 2.12. The summed E-state index contributed by atoms with van der Waals surface area (Å²) in [6.07, 6.45) is 2.09. The first-order valence-corrected chi connectivity index (χ1v) is 5.67. The molecule has 70 valence electrons. The van der Waals surface area contributed by atoms with Crippen LogP contribution in [0.4, 0.5) is 0 Å². The molecule has 0 atom stereocenters. The molecular weight excluding hydrogens is 192 g/mol. The SMILES string of the molecule is c1ccn2c(C3=NCCS3)ccc2c1. The van der Waals surface area contributed by atoms with Crippen molar-refractivity contribution in [2.24, 2.45) is 4.99 Å². The lowest BCUT2D eigenvalue weighted by Gasteiger charge is -2.00. The fourth-order valence-electron chi connectivity index (χ4n) is 1.72. The van der Waals surface area contributed by atoms with Gasteiger partial charge in [0, 0.05) is 24.0 Å². The molecule has 0 aliphatic carbocycles. The Morgan fingerprint density at radius 3 is 3.07 bits per heavy atom. The van der Waals surface area contributed by atoms with Crippen LogP contribution in [0.2, 0.25) is 0 Å². The zero-order chi connectivity index (χ0) is 9.38. The van der Waals surface area contributed by atoms with Crippen LogP contribution in [-0.4, -0.2) is 21.7 Å². The summed E-state index contributed by atoms with van der Waals surface area (Å²) in [6.45, 7) is 0.958. The lowest BCUT2D eigenvalue weighted by Crippen LogP contribution is -1.97. The fourth-order valence-corrected chi connectivity index (χ4v) is 2.59. The van der Waals surface area contributed by atoms with Gasteiger partial charge in [-0.25, -0.2) is 0 Å². The van der Waals surface area contributed by atoms with Gasteiger partial charge in [-0.2, -0.15) is 0 Å². The summed E-state index contributed by atoms with van der Waals surface area (Å²) in [6, 6.07) is 10.5. The van der Waals surface area contributed by atoms with E-state index in [0.29, 0.717) is 0 Å². The second-order valence-electron chi connectivity index (χ2n) is 3.25. The first-order chi connectivity index (χ1) is 6.95. The maximum absolute atomic E-state index is 4.49. The van der Waals surface area contributed by atoms with Crippen LogP contribution in [0.15, 0.2) is 41.5 Å². The quantitative estimate of drug-likeness (QED) is 0.694. The Morgan fingerprint density at radius 2 is 2.21 bits per heavy atom. The van der Waals surface area contributed by atoms with Crippen molar-refractivity contribution in [2.75, 3.05) is 12.3 Å². The van der Waals surface area contributed by atoms with Crippen molar-refractivity contribution in [3.63, 3.8) is 0 Å². The minimum atomic E-state index is 0.958. The van der Waals surface area contributed by atoms with Gasteiger partial charge in [-0.05, 0) is 24.3 Å². The summed E-state index contributed by atoms with van der Waals surface area (Å²) in [7, 11) is 0. The first-order valence-electron chi connectivity index (χ1n) is 4.69. The van der Waals surface area contributed by atoms with Crippen molar-refractivity contribution in [3.05, 3.63) is 42.2 Å². The highest BCUT2D eigenvalue weighted by Crippen LogP contribution is 2.21. The van der Waals surface area contributed by atoms with E-state index in [-0.39, 0.29) is 0 Å². The number of pyridine rings is 1. The van der Waals surface area contributed by atoms with Gasteiger partial charge in [0.2, 0.25) is 0 Å². The predicted molar refractivity (Wildman–Crippen MR) is 61.3 cm³/mol. The summed E-state index contributed by atoms with van der Waals surface area (Å²) in [5.74, 6) is 1.12. The van der Waals surface area contributed by atoms with Gasteiger partial charge in [-0.15, -0.1) is 11.8 Å². The third-order valence-electron chi connectivity index (χ3n) is 2.37. The summed E-state index contributed by atoms with van der Waals surface area (Å²) < 4.78 is 2.19. The Labute approximate surface area is 86.7 Å². The van der Waals surface area contributed by atoms with Crippen molar-refractivity contribution in [3.8, 4) is 0 Å². The van der Waals surface area contributed by atoms with Crippen LogP contribution < -0.4 is 0 Å². The normalized spacial score (nSPS) is 16.1. The molecule has 0 bridgehead atoms. The van der Waals surface area contributed by atoms with Crippen LogP contribution in [0.25, 0.3) is 5.52 Å². The Balaban J connectivity index is 2.21. The van der Waals surface area contributed by atoms with E-state index in [1.54, 1.807) is 0 Å². The molecule has 0 N–H and O–H groups in total. The van der Waals surface area contributed by atoms with Crippen molar-refractivity contribution in [1.29, 1.82) is 0 Å². The van der Waals surface area contributed by atoms with Crippen molar-refractivity contribution < 1.29 is 0 Å². The molecule has 0 radical (unpaired) electrons. The number of aromatic nitrogens is 1. The van der Waals surface area contributed by atoms with Crippen LogP contribution in [0.1, 0.15) is 5.69 Å². The molecule has 0 saturated heterocycles. The van der Waals surface area contributed by atoms with Gasteiger partial charge in [0.1, 0.15) is 5.04 Å². The van der Waals surface area contributed by atoms with Gasteiger partial charge in [0.15, 0.2) is 0 Å². The number of aliphatic imine (C=N–C) groups is 1. The van der Waals surface area contributed by atoms with Crippen LogP contribution >= 0.6 is 11.8 Å². The Morgan fingerprint density at radius 1 is 1.21 bits per heavy atom. The maximum atomic E-state index is 4.49. The zero-order valence-electron chi connectivity index (χ0n) is 7.68. The highest BCUT2D eigenvalue weighted by molar-refractivity contribution is 8.14. The minimum Gasteiger partial charge on any atom is -0.315 e. The summed E-state index contributed by atoms with van der Waals surface area (Å²) in [5, 5.41) is 1.18. The average Bonchev–Trinajstić information content (AvgIpc) is 2.85.